The number of rotatable bonds is 5. The number of hydrogen-bond acceptors (Lipinski definition) is 5. The van der Waals surface area contributed by atoms with Gasteiger partial charge in [0, 0.05) is 60.0 Å². The van der Waals surface area contributed by atoms with Crippen LogP contribution in [0.4, 0.5) is 0 Å². The normalized spacial score (nSPS) is 11.4. The van der Waals surface area contributed by atoms with Gasteiger partial charge in [-0.05, 0) is 53.1 Å². The number of aryl methyl sites for hydroxylation is 1. The number of pyridine rings is 1. The Hall–Kier alpha value is -4.59. The molecule has 0 unspecified atom stereocenters. The highest BCUT2D eigenvalue weighted by molar-refractivity contribution is 5.95. The Morgan fingerprint density at radius 2 is 1.91 bits per heavy atom. The first-order valence-corrected chi connectivity index (χ1v) is 9.92. The minimum atomic E-state index is -0.497. The van der Waals surface area contributed by atoms with Crippen molar-refractivity contribution in [3.05, 3.63) is 79.3 Å². The van der Waals surface area contributed by atoms with Crippen molar-refractivity contribution in [3.8, 4) is 33.5 Å². The van der Waals surface area contributed by atoms with Crippen LogP contribution >= 0.6 is 0 Å². The lowest BCUT2D eigenvalue weighted by molar-refractivity contribution is -0.113. The van der Waals surface area contributed by atoms with Crippen molar-refractivity contribution in [2.45, 2.75) is 0 Å². The lowest BCUT2D eigenvalue weighted by atomic mass is 9.97. The molecule has 0 bridgehead atoms. The van der Waals surface area contributed by atoms with E-state index in [2.05, 4.69) is 37.2 Å². The fraction of sp³-hybridized carbons (Fsp3) is 0.0417. The second-order valence-electron chi connectivity index (χ2n) is 7.40. The van der Waals surface area contributed by atoms with Crippen LogP contribution in [0.3, 0.4) is 0 Å². The highest BCUT2D eigenvalue weighted by atomic mass is 16.1. The Morgan fingerprint density at radius 1 is 1.06 bits per heavy atom. The molecule has 4 heterocycles. The number of fused-ring (bicyclic) bond motifs is 1. The number of hydrogen-bond donors (Lipinski definition) is 2. The van der Waals surface area contributed by atoms with E-state index < -0.39 is 5.91 Å². The van der Waals surface area contributed by atoms with E-state index >= 15 is 0 Å². The third-order valence-electron chi connectivity index (χ3n) is 5.16. The topological polar surface area (TPSA) is 115 Å². The second-order valence-corrected chi connectivity index (χ2v) is 7.40. The molecule has 156 valence electrons. The van der Waals surface area contributed by atoms with Crippen LogP contribution in [0, 0.1) is 0 Å². The smallest absolute Gasteiger partial charge is 0.241 e. The van der Waals surface area contributed by atoms with Crippen molar-refractivity contribution >= 4 is 23.0 Å². The average Bonchev–Trinajstić information content (AvgIpc) is 3.44. The van der Waals surface area contributed by atoms with Crippen LogP contribution in [-0.2, 0) is 11.8 Å². The highest BCUT2D eigenvalue weighted by Crippen LogP contribution is 2.32. The van der Waals surface area contributed by atoms with Crippen molar-refractivity contribution in [2.24, 2.45) is 12.8 Å². The Kier molecular flexibility index (Phi) is 4.79. The summed E-state index contributed by atoms with van der Waals surface area (Å²) < 4.78 is 1.75. The van der Waals surface area contributed by atoms with Gasteiger partial charge in [0.05, 0.1) is 11.9 Å². The number of H-pyrrole nitrogens is 1. The Morgan fingerprint density at radius 3 is 2.62 bits per heavy atom. The van der Waals surface area contributed by atoms with E-state index in [1.807, 2.05) is 50.0 Å². The molecule has 0 aliphatic rings. The van der Waals surface area contributed by atoms with Crippen LogP contribution in [-0.4, -0.2) is 35.6 Å². The van der Waals surface area contributed by atoms with Crippen molar-refractivity contribution in [1.82, 2.24) is 29.7 Å². The number of amides is 1. The molecule has 3 N–H and O–H groups in total. The average molecular weight is 421 g/mol. The zero-order chi connectivity index (χ0) is 22.1. The first-order chi connectivity index (χ1) is 15.6. The zero-order valence-electron chi connectivity index (χ0n) is 17.2. The lowest BCUT2D eigenvalue weighted by Crippen LogP contribution is -2.05. The molecule has 0 saturated heterocycles. The number of nitrogens with one attached hydrogen (secondary N) is 1. The first kappa shape index (κ1) is 19.4. The molecule has 5 aromatic rings. The Labute approximate surface area is 183 Å². The fourth-order valence-corrected chi connectivity index (χ4v) is 3.65. The van der Waals surface area contributed by atoms with Gasteiger partial charge in [-0.15, -0.1) is 0 Å². The molecular formula is C24H19N7O. The van der Waals surface area contributed by atoms with Gasteiger partial charge in [-0.2, -0.15) is 5.10 Å². The van der Waals surface area contributed by atoms with Crippen molar-refractivity contribution in [2.75, 3.05) is 0 Å². The molecule has 1 aromatic carbocycles. The van der Waals surface area contributed by atoms with Crippen molar-refractivity contribution in [3.63, 3.8) is 0 Å². The summed E-state index contributed by atoms with van der Waals surface area (Å²) in [5, 5.41) is 5.23. The van der Waals surface area contributed by atoms with E-state index in [9.17, 15) is 4.79 Å². The van der Waals surface area contributed by atoms with Gasteiger partial charge >= 0.3 is 0 Å². The van der Waals surface area contributed by atoms with Gasteiger partial charge in [0.1, 0.15) is 12.0 Å². The first-order valence-electron chi connectivity index (χ1n) is 9.92. The molecule has 32 heavy (non-hydrogen) atoms. The molecule has 8 heteroatoms. The van der Waals surface area contributed by atoms with Crippen molar-refractivity contribution in [1.29, 1.82) is 0 Å². The molecule has 0 atom stereocenters. The van der Waals surface area contributed by atoms with Gasteiger partial charge in [-0.3, -0.25) is 9.48 Å². The zero-order valence-corrected chi connectivity index (χ0v) is 17.2. The maximum atomic E-state index is 11.3. The number of nitrogens with two attached hydrogens (primary N) is 1. The van der Waals surface area contributed by atoms with Crippen LogP contribution in [0.2, 0.25) is 0 Å². The van der Waals surface area contributed by atoms with Crippen LogP contribution in [0.25, 0.3) is 50.6 Å². The molecule has 0 aliphatic heterocycles. The predicted octanol–water partition coefficient (Wildman–Crippen LogP) is 3.59. The maximum absolute atomic E-state index is 11.3. The van der Waals surface area contributed by atoms with Crippen molar-refractivity contribution < 1.29 is 4.79 Å². The molecule has 0 aliphatic carbocycles. The SMILES string of the molecule is Cn1cc(-c2cc(C=CC(N)=O)cc(-c3cnc4[nH]cc(-c5ccncn5)c4c3)c2)cn1. The number of aromatic nitrogens is 6. The minimum Gasteiger partial charge on any atom is -0.366 e. The standard InChI is InChI=1S/C24H19N7O/c1-31-13-19(11-30-31)17-7-15(2-3-23(25)32)6-16(8-17)18-9-20-21(12-28-24(20)27-10-18)22-4-5-26-14-29-22/h2-14H,1H3,(H2,25,32)(H,27,28). The molecule has 0 spiro atoms. The molecule has 8 nitrogen and oxygen atoms in total. The highest BCUT2D eigenvalue weighted by Gasteiger charge is 2.12. The van der Waals surface area contributed by atoms with Gasteiger partial charge in [-0.1, -0.05) is 0 Å². The molecule has 0 fully saturated rings. The number of carbonyl (C=O) groups excluding carboxylic acids is 1. The third kappa shape index (κ3) is 3.77. The second kappa shape index (κ2) is 7.92. The summed E-state index contributed by atoms with van der Waals surface area (Å²) in [6, 6.07) is 10.0. The number of primary amides is 1. The van der Waals surface area contributed by atoms with Crippen LogP contribution < -0.4 is 5.73 Å². The Balaban J connectivity index is 1.66. The molecular weight excluding hydrogens is 402 g/mol. The van der Waals surface area contributed by atoms with E-state index in [4.69, 9.17) is 5.73 Å². The van der Waals surface area contributed by atoms with Gasteiger partial charge in [0.25, 0.3) is 0 Å². The molecule has 5 rings (SSSR count). The summed E-state index contributed by atoms with van der Waals surface area (Å²) in [7, 11) is 1.87. The Bertz CT molecular complexity index is 1460. The summed E-state index contributed by atoms with van der Waals surface area (Å²) in [6.45, 7) is 0. The summed E-state index contributed by atoms with van der Waals surface area (Å²) in [5.41, 5.74) is 12.5. The third-order valence-corrected chi connectivity index (χ3v) is 5.16. The van der Waals surface area contributed by atoms with Gasteiger partial charge < -0.3 is 10.7 Å². The molecule has 4 aromatic heterocycles. The van der Waals surface area contributed by atoms with Crippen LogP contribution in [0.15, 0.2) is 73.7 Å². The van der Waals surface area contributed by atoms with E-state index in [0.29, 0.717) is 0 Å². The fourth-order valence-electron chi connectivity index (χ4n) is 3.65. The number of aromatic amines is 1. The van der Waals surface area contributed by atoms with E-state index in [-0.39, 0.29) is 0 Å². The van der Waals surface area contributed by atoms with Gasteiger partial charge in [-0.25, -0.2) is 15.0 Å². The minimum absolute atomic E-state index is 0.497. The van der Waals surface area contributed by atoms with E-state index in [0.717, 1.165) is 50.1 Å². The number of benzene rings is 1. The summed E-state index contributed by atoms with van der Waals surface area (Å²) >= 11 is 0. The van der Waals surface area contributed by atoms with Crippen LogP contribution in [0.5, 0.6) is 0 Å². The largest absolute Gasteiger partial charge is 0.366 e. The summed E-state index contributed by atoms with van der Waals surface area (Å²) in [5.74, 6) is -0.497. The predicted molar refractivity (Wildman–Crippen MR) is 123 cm³/mol. The molecule has 1 amide bonds. The monoisotopic (exact) mass is 421 g/mol. The summed E-state index contributed by atoms with van der Waals surface area (Å²) in [6.07, 6.45) is 13.8. The lowest BCUT2D eigenvalue weighted by Gasteiger charge is -2.08. The summed E-state index contributed by atoms with van der Waals surface area (Å²) in [4.78, 5) is 27.4. The van der Waals surface area contributed by atoms with Gasteiger partial charge in [0.2, 0.25) is 5.91 Å². The van der Waals surface area contributed by atoms with Crippen LogP contribution in [0.1, 0.15) is 5.56 Å². The maximum Gasteiger partial charge on any atom is 0.241 e. The molecule has 0 radical (unpaired) electrons. The van der Waals surface area contributed by atoms with Gasteiger partial charge in [0.15, 0.2) is 0 Å². The van der Waals surface area contributed by atoms with E-state index in [1.165, 1.54) is 12.4 Å². The van der Waals surface area contributed by atoms with E-state index in [1.54, 1.807) is 17.0 Å². The quantitative estimate of drug-likeness (QED) is 0.421. The number of nitrogens with zero attached hydrogens (tertiary/aromatic N) is 5. The number of carbonyl (C=O) groups is 1. The molecule has 0 saturated carbocycles.